The molecule has 19 heavy (non-hydrogen) atoms. The molecule has 2 aliphatic rings. The quantitative estimate of drug-likeness (QED) is 0.689. The largest absolute Gasteiger partial charge is 0.394 e. The number of aliphatic hydroxyl groups is 1. The summed E-state index contributed by atoms with van der Waals surface area (Å²) in [5, 5.41) is 9.17. The van der Waals surface area contributed by atoms with Gasteiger partial charge in [0.1, 0.15) is 0 Å². The third kappa shape index (κ3) is 4.14. The van der Waals surface area contributed by atoms with Crippen molar-refractivity contribution in [1.29, 1.82) is 0 Å². The van der Waals surface area contributed by atoms with E-state index in [4.69, 9.17) is 10.5 Å². The van der Waals surface area contributed by atoms with Crippen LogP contribution in [0.3, 0.4) is 0 Å². The normalized spacial score (nSPS) is 30.6. The van der Waals surface area contributed by atoms with Gasteiger partial charge >= 0.3 is 0 Å². The maximum Gasteiger partial charge on any atom is 0.236 e. The molecule has 0 aromatic rings. The highest BCUT2D eigenvalue weighted by atomic mass is 16.5. The second kappa shape index (κ2) is 6.65. The van der Waals surface area contributed by atoms with Crippen molar-refractivity contribution < 1.29 is 14.6 Å². The first kappa shape index (κ1) is 14.7. The maximum atomic E-state index is 12.3. The molecule has 0 aromatic heterocycles. The highest BCUT2D eigenvalue weighted by molar-refractivity contribution is 5.78. The smallest absolute Gasteiger partial charge is 0.236 e. The number of likely N-dealkylation sites (tertiary alicyclic amines) is 1. The number of nitrogens with zero attached hydrogens (tertiary/aromatic N) is 2. The lowest BCUT2D eigenvalue weighted by Gasteiger charge is -2.38. The fourth-order valence-electron chi connectivity index (χ4n) is 2.75. The number of hydrogen-bond acceptors (Lipinski definition) is 5. The zero-order valence-corrected chi connectivity index (χ0v) is 11.6. The number of carbonyl (C=O) groups excluding carboxylic acids is 1. The molecule has 3 N–H and O–H groups in total. The first-order chi connectivity index (χ1) is 9.08. The summed E-state index contributed by atoms with van der Waals surface area (Å²) in [6.07, 6.45) is 1.67. The zero-order chi connectivity index (χ0) is 13.8. The van der Waals surface area contributed by atoms with E-state index in [2.05, 4.69) is 4.90 Å². The van der Waals surface area contributed by atoms with E-state index in [0.717, 1.165) is 25.9 Å². The summed E-state index contributed by atoms with van der Waals surface area (Å²) >= 11 is 0. The minimum absolute atomic E-state index is 0.00960. The molecule has 2 unspecified atom stereocenters. The molecule has 6 heteroatoms. The average Bonchev–Trinajstić information content (AvgIpc) is 2.40. The Morgan fingerprint density at radius 3 is 2.68 bits per heavy atom. The third-order valence-electron chi connectivity index (χ3n) is 3.87. The van der Waals surface area contributed by atoms with Crippen LogP contribution in [-0.2, 0) is 9.53 Å². The number of morpholine rings is 1. The minimum atomic E-state index is -0.248. The molecule has 2 rings (SSSR count). The Kier molecular flexibility index (Phi) is 5.15. The summed E-state index contributed by atoms with van der Waals surface area (Å²) in [6, 6.07) is 0.286. The van der Waals surface area contributed by atoms with E-state index in [9.17, 15) is 9.90 Å². The van der Waals surface area contributed by atoms with Gasteiger partial charge in [0, 0.05) is 32.2 Å². The maximum absolute atomic E-state index is 12.3. The first-order valence-electron chi connectivity index (χ1n) is 7.10. The highest BCUT2D eigenvalue weighted by Gasteiger charge is 2.29. The lowest BCUT2D eigenvalue weighted by molar-refractivity contribution is -0.148. The molecule has 0 aliphatic carbocycles. The summed E-state index contributed by atoms with van der Waals surface area (Å²) in [6.45, 7) is 5.26. The van der Waals surface area contributed by atoms with E-state index in [1.807, 2.05) is 11.8 Å². The van der Waals surface area contributed by atoms with Crippen LogP contribution in [0.4, 0.5) is 0 Å². The third-order valence-corrected chi connectivity index (χ3v) is 3.87. The van der Waals surface area contributed by atoms with Gasteiger partial charge in [-0.05, 0) is 19.8 Å². The number of nitrogens with two attached hydrogens (primary N) is 1. The van der Waals surface area contributed by atoms with Crippen molar-refractivity contribution in [1.82, 2.24) is 9.80 Å². The molecule has 0 radical (unpaired) electrons. The number of aliphatic hydroxyl groups excluding tert-OH is 1. The van der Waals surface area contributed by atoms with Crippen LogP contribution in [0, 0.1) is 0 Å². The fourth-order valence-corrected chi connectivity index (χ4v) is 2.75. The van der Waals surface area contributed by atoms with E-state index in [1.165, 1.54) is 0 Å². The van der Waals surface area contributed by atoms with Crippen molar-refractivity contribution in [3.8, 4) is 0 Å². The molecule has 0 bridgehead atoms. The van der Waals surface area contributed by atoms with E-state index in [-0.39, 0.29) is 30.8 Å². The van der Waals surface area contributed by atoms with E-state index < -0.39 is 0 Å². The van der Waals surface area contributed by atoms with Crippen molar-refractivity contribution >= 4 is 5.91 Å². The van der Waals surface area contributed by atoms with Gasteiger partial charge in [-0.2, -0.15) is 0 Å². The summed E-state index contributed by atoms with van der Waals surface area (Å²) in [5.74, 6) is 0.129. The van der Waals surface area contributed by atoms with Gasteiger partial charge in [-0.3, -0.25) is 9.69 Å². The number of amides is 1. The molecule has 2 aliphatic heterocycles. The molecular formula is C13H25N3O3. The molecule has 1 amide bonds. The van der Waals surface area contributed by atoms with Crippen molar-refractivity contribution in [3.63, 3.8) is 0 Å². The van der Waals surface area contributed by atoms with Crippen LogP contribution < -0.4 is 5.73 Å². The molecule has 0 spiro atoms. The van der Waals surface area contributed by atoms with Crippen molar-refractivity contribution in [2.45, 2.75) is 38.0 Å². The second-order valence-corrected chi connectivity index (χ2v) is 5.66. The molecule has 0 aromatic carbocycles. The summed E-state index contributed by atoms with van der Waals surface area (Å²) < 4.78 is 5.55. The predicted octanol–water partition coefficient (Wildman–Crippen LogP) is -0.982. The highest BCUT2D eigenvalue weighted by Crippen LogP contribution is 2.13. The van der Waals surface area contributed by atoms with Crippen molar-refractivity contribution in [3.05, 3.63) is 0 Å². The summed E-state index contributed by atoms with van der Waals surface area (Å²) in [7, 11) is 0. The van der Waals surface area contributed by atoms with E-state index >= 15 is 0 Å². The molecule has 2 heterocycles. The Hall–Kier alpha value is -0.690. The number of rotatable bonds is 3. The van der Waals surface area contributed by atoms with Gasteiger partial charge in [0.05, 0.1) is 25.4 Å². The van der Waals surface area contributed by atoms with Gasteiger partial charge in [0.2, 0.25) is 5.91 Å². The van der Waals surface area contributed by atoms with Gasteiger partial charge < -0.3 is 20.5 Å². The number of carbonyl (C=O) groups is 1. The Labute approximate surface area is 114 Å². The number of hydrogen-bond donors (Lipinski definition) is 2. The lowest BCUT2D eigenvalue weighted by Crippen LogP contribution is -2.53. The van der Waals surface area contributed by atoms with E-state index in [0.29, 0.717) is 19.6 Å². The van der Waals surface area contributed by atoms with Crippen LogP contribution >= 0.6 is 0 Å². The SMILES string of the molecule is CC1CN(C(=O)CN2CCC(N)CC2)CC(CO)O1. The van der Waals surface area contributed by atoms with Crippen LogP contribution in [-0.4, -0.2) is 78.4 Å². The van der Waals surface area contributed by atoms with Crippen molar-refractivity contribution in [2.24, 2.45) is 5.73 Å². The lowest BCUT2D eigenvalue weighted by atomic mass is 10.1. The Balaban J connectivity index is 1.82. The Morgan fingerprint density at radius 2 is 2.05 bits per heavy atom. The predicted molar refractivity (Wildman–Crippen MR) is 71.7 cm³/mol. The van der Waals surface area contributed by atoms with Gasteiger partial charge in [-0.25, -0.2) is 0 Å². The Morgan fingerprint density at radius 1 is 1.37 bits per heavy atom. The van der Waals surface area contributed by atoms with Crippen LogP contribution in [0.25, 0.3) is 0 Å². The second-order valence-electron chi connectivity index (χ2n) is 5.66. The topological polar surface area (TPSA) is 79.0 Å². The average molecular weight is 271 g/mol. The van der Waals surface area contributed by atoms with Gasteiger partial charge in [-0.15, -0.1) is 0 Å². The molecular weight excluding hydrogens is 246 g/mol. The molecule has 2 fully saturated rings. The summed E-state index contributed by atoms with van der Waals surface area (Å²) in [5.41, 5.74) is 5.86. The van der Waals surface area contributed by atoms with Crippen molar-refractivity contribution in [2.75, 3.05) is 39.3 Å². The Bertz CT molecular complexity index is 306. The fraction of sp³-hybridized carbons (Fsp3) is 0.923. The molecule has 6 nitrogen and oxygen atoms in total. The van der Waals surface area contributed by atoms with Gasteiger partial charge in [0.15, 0.2) is 0 Å². The van der Waals surface area contributed by atoms with Gasteiger partial charge in [-0.1, -0.05) is 0 Å². The monoisotopic (exact) mass is 271 g/mol. The van der Waals surface area contributed by atoms with Crippen LogP contribution in [0.15, 0.2) is 0 Å². The molecule has 2 atom stereocenters. The number of ether oxygens (including phenoxy) is 1. The molecule has 0 saturated carbocycles. The minimum Gasteiger partial charge on any atom is -0.394 e. The first-order valence-corrected chi connectivity index (χ1v) is 7.10. The van der Waals surface area contributed by atoms with Crippen LogP contribution in [0.2, 0.25) is 0 Å². The molecule has 2 saturated heterocycles. The van der Waals surface area contributed by atoms with E-state index in [1.54, 1.807) is 0 Å². The standard InChI is InChI=1S/C13H25N3O3/c1-10-6-16(7-12(9-17)19-10)13(18)8-15-4-2-11(14)3-5-15/h10-12,17H,2-9,14H2,1H3. The van der Waals surface area contributed by atoms with Gasteiger partial charge in [0.25, 0.3) is 0 Å². The number of piperidine rings is 1. The summed E-state index contributed by atoms with van der Waals surface area (Å²) in [4.78, 5) is 16.2. The van der Waals surface area contributed by atoms with Crippen LogP contribution in [0.1, 0.15) is 19.8 Å². The molecule has 110 valence electrons. The van der Waals surface area contributed by atoms with Crippen LogP contribution in [0.5, 0.6) is 0 Å². The zero-order valence-electron chi connectivity index (χ0n) is 11.6.